The van der Waals surface area contributed by atoms with Gasteiger partial charge in [-0.25, -0.2) is 9.80 Å². The van der Waals surface area contributed by atoms with Crippen molar-refractivity contribution < 1.29 is 14.3 Å². The summed E-state index contributed by atoms with van der Waals surface area (Å²) in [6.07, 6.45) is 0.623. The van der Waals surface area contributed by atoms with Crippen LogP contribution < -0.4 is 5.32 Å². The van der Waals surface area contributed by atoms with Gasteiger partial charge in [-0.1, -0.05) is 42.5 Å². The van der Waals surface area contributed by atoms with E-state index in [0.717, 1.165) is 16.8 Å². The number of benzene rings is 2. The van der Waals surface area contributed by atoms with E-state index in [0.29, 0.717) is 26.1 Å². The van der Waals surface area contributed by atoms with E-state index in [2.05, 4.69) is 37.4 Å². The molecule has 7 heteroatoms. The van der Waals surface area contributed by atoms with Gasteiger partial charge >= 0.3 is 6.03 Å². The summed E-state index contributed by atoms with van der Waals surface area (Å²) in [7, 11) is 1.57. The van der Waals surface area contributed by atoms with Crippen molar-refractivity contribution in [3.05, 3.63) is 70.8 Å². The molecule has 0 aromatic heterocycles. The molecule has 0 fully saturated rings. The zero-order valence-electron chi connectivity index (χ0n) is 19.3. The standard InChI is InChI=1S/C25H32N4O3/c1-5-26-25(31)28(13-14-32-4)17-24(30)29-23(20-9-7-6-8-10-20)16-22(27-29)21-12-11-18(2)19(3)15-21/h6-12,15,23H,5,13-14,16-17H2,1-4H3,(H,26,31)/t23-/m0/s1. The Morgan fingerprint density at radius 3 is 2.56 bits per heavy atom. The van der Waals surface area contributed by atoms with E-state index in [4.69, 9.17) is 9.84 Å². The van der Waals surface area contributed by atoms with Gasteiger partial charge in [0.25, 0.3) is 5.91 Å². The molecule has 0 saturated heterocycles. The topological polar surface area (TPSA) is 74.2 Å². The van der Waals surface area contributed by atoms with E-state index >= 15 is 0 Å². The van der Waals surface area contributed by atoms with Crippen molar-refractivity contribution in [2.75, 3.05) is 33.4 Å². The molecule has 3 rings (SSSR count). The van der Waals surface area contributed by atoms with Crippen LogP contribution in [0.1, 0.15) is 41.6 Å². The summed E-state index contributed by atoms with van der Waals surface area (Å²) in [5.74, 6) is -0.222. The van der Waals surface area contributed by atoms with Crippen molar-refractivity contribution in [2.24, 2.45) is 5.10 Å². The highest BCUT2D eigenvalue weighted by atomic mass is 16.5. The van der Waals surface area contributed by atoms with E-state index in [1.54, 1.807) is 12.1 Å². The van der Waals surface area contributed by atoms with Gasteiger partial charge in [0.2, 0.25) is 0 Å². The fraction of sp³-hybridized carbons (Fsp3) is 0.400. The second-order valence-corrected chi connectivity index (χ2v) is 7.96. The average Bonchev–Trinajstić information content (AvgIpc) is 3.25. The highest BCUT2D eigenvalue weighted by molar-refractivity contribution is 6.03. The van der Waals surface area contributed by atoms with Gasteiger partial charge in [0, 0.05) is 26.6 Å². The van der Waals surface area contributed by atoms with Gasteiger partial charge in [-0.05, 0) is 49.1 Å². The van der Waals surface area contributed by atoms with Gasteiger partial charge in [-0.15, -0.1) is 0 Å². The molecule has 0 unspecified atom stereocenters. The third-order valence-electron chi connectivity index (χ3n) is 5.70. The van der Waals surface area contributed by atoms with Crippen molar-refractivity contribution in [3.63, 3.8) is 0 Å². The third kappa shape index (κ3) is 5.53. The maximum Gasteiger partial charge on any atom is 0.317 e. The molecule has 1 aliphatic rings. The molecule has 3 amide bonds. The molecular formula is C25H32N4O3. The van der Waals surface area contributed by atoms with Crippen LogP contribution in [0.4, 0.5) is 4.79 Å². The molecule has 0 bridgehead atoms. The number of carbonyl (C=O) groups is 2. The number of ether oxygens (including phenoxy) is 1. The van der Waals surface area contributed by atoms with E-state index in [1.807, 2.05) is 37.3 Å². The fourth-order valence-electron chi connectivity index (χ4n) is 3.72. The monoisotopic (exact) mass is 436 g/mol. The van der Waals surface area contributed by atoms with Crippen LogP contribution in [0.3, 0.4) is 0 Å². The van der Waals surface area contributed by atoms with Crippen molar-refractivity contribution >= 4 is 17.6 Å². The summed E-state index contributed by atoms with van der Waals surface area (Å²) in [5.41, 5.74) is 5.31. The van der Waals surface area contributed by atoms with Crippen LogP contribution in [-0.4, -0.2) is 60.9 Å². The predicted octanol–water partition coefficient (Wildman–Crippen LogP) is 3.66. The number of aryl methyl sites for hydroxylation is 2. The summed E-state index contributed by atoms with van der Waals surface area (Å²) < 4.78 is 5.12. The second kappa shape index (κ2) is 10.9. The Hall–Kier alpha value is -3.19. The van der Waals surface area contributed by atoms with E-state index in [-0.39, 0.29) is 24.5 Å². The molecular weight excluding hydrogens is 404 g/mol. The van der Waals surface area contributed by atoms with Crippen LogP contribution >= 0.6 is 0 Å². The van der Waals surface area contributed by atoms with Crippen LogP contribution in [0.2, 0.25) is 0 Å². The number of rotatable bonds is 8. The van der Waals surface area contributed by atoms with Crippen LogP contribution in [0.25, 0.3) is 0 Å². The first-order valence-electron chi connectivity index (χ1n) is 11.0. The number of amides is 3. The maximum absolute atomic E-state index is 13.4. The van der Waals surface area contributed by atoms with E-state index in [9.17, 15) is 9.59 Å². The Kier molecular flexibility index (Phi) is 8.00. The first-order chi connectivity index (χ1) is 15.4. The molecule has 0 aliphatic carbocycles. The molecule has 1 atom stereocenters. The molecule has 2 aromatic rings. The number of hydrogen-bond donors (Lipinski definition) is 1. The summed E-state index contributed by atoms with van der Waals surface area (Å²) in [5, 5.41) is 9.04. The maximum atomic E-state index is 13.4. The first kappa shape index (κ1) is 23.5. The number of carbonyl (C=O) groups excluding carboxylic acids is 2. The lowest BCUT2D eigenvalue weighted by Crippen LogP contribution is -2.47. The minimum atomic E-state index is -0.285. The predicted molar refractivity (Wildman–Crippen MR) is 126 cm³/mol. The van der Waals surface area contributed by atoms with Crippen LogP contribution in [-0.2, 0) is 9.53 Å². The average molecular weight is 437 g/mol. The number of hydrazone groups is 1. The van der Waals surface area contributed by atoms with Crippen molar-refractivity contribution in [2.45, 2.75) is 33.2 Å². The Morgan fingerprint density at radius 1 is 1.16 bits per heavy atom. The Bertz CT molecular complexity index is 974. The van der Waals surface area contributed by atoms with Gasteiger partial charge in [0.15, 0.2) is 0 Å². The first-order valence-corrected chi connectivity index (χ1v) is 11.0. The number of methoxy groups -OCH3 is 1. The summed E-state index contributed by atoms with van der Waals surface area (Å²) in [6.45, 7) is 7.10. The van der Waals surface area contributed by atoms with Crippen molar-refractivity contribution in [3.8, 4) is 0 Å². The lowest BCUT2D eigenvalue weighted by Gasteiger charge is -2.27. The lowest BCUT2D eigenvalue weighted by atomic mass is 9.96. The summed E-state index contributed by atoms with van der Waals surface area (Å²) >= 11 is 0. The molecule has 170 valence electrons. The van der Waals surface area contributed by atoms with Crippen molar-refractivity contribution in [1.82, 2.24) is 15.2 Å². The zero-order chi connectivity index (χ0) is 23.1. The normalized spacial score (nSPS) is 15.4. The lowest BCUT2D eigenvalue weighted by molar-refractivity contribution is -0.133. The Morgan fingerprint density at radius 2 is 1.91 bits per heavy atom. The minimum absolute atomic E-state index is 0.0672. The number of nitrogens with one attached hydrogen (secondary N) is 1. The Balaban J connectivity index is 1.88. The molecule has 7 nitrogen and oxygen atoms in total. The van der Waals surface area contributed by atoms with Crippen LogP contribution in [0.5, 0.6) is 0 Å². The molecule has 1 heterocycles. The number of hydrogen-bond acceptors (Lipinski definition) is 4. The van der Waals surface area contributed by atoms with Gasteiger partial charge < -0.3 is 15.0 Å². The highest BCUT2D eigenvalue weighted by Gasteiger charge is 2.34. The van der Waals surface area contributed by atoms with Gasteiger partial charge in [-0.2, -0.15) is 5.10 Å². The number of nitrogens with zero attached hydrogens (tertiary/aromatic N) is 3. The van der Waals surface area contributed by atoms with E-state index < -0.39 is 0 Å². The van der Waals surface area contributed by atoms with Gasteiger partial charge in [0.1, 0.15) is 6.54 Å². The summed E-state index contributed by atoms with van der Waals surface area (Å²) in [6, 6.07) is 15.7. The van der Waals surface area contributed by atoms with Crippen LogP contribution in [0.15, 0.2) is 53.6 Å². The van der Waals surface area contributed by atoms with Crippen LogP contribution in [0, 0.1) is 13.8 Å². The second-order valence-electron chi connectivity index (χ2n) is 7.96. The highest BCUT2D eigenvalue weighted by Crippen LogP contribution is 2.33. The third-order valence-corrected chi connectivity index (χ3v) is 5.70. The molecule has 1 aliphatic heterocycles. The zero-order valence-corrected chi connectivity index (χ0v) is 19.3. The molecule has 1 N–H and O–H groups in total. The number of urea groups is 1. The quantitative estimate of drug-likeness (QED) is 0.686. The molecule has 0 radical (unpaired) electrons. The molecule has 2 aromatic carbocycles. The Labute approximate surface area is 190 Å². The van der Waals surface area contributed by atoms with Gasteiger partial charge in [-0.3, -0.25) is 4.79 Å². The SMILES string of the molecule is CCNC(=O)N(CCOC)CC(=O)N1N=C(c2ccc(C)c(C)c2)C[C@H]1c1ccccc1. The fourth-order valence-corrected chi connectivity index (χ4v) is 3.72. The summed E-state index contributed by atoms with van der Waals surface area (Å²) in [4.78, 5) is 27.3. The van der Waals surface area contributed by atoms with E-state index in [1.165, 1.54) is 16.0 Å². The minimum Gasteiger partial charge on any atom is -0.383 e. The smallest absolute Gasteiger partial charge is 0.317 e. The molecule has 0 spiro atoms. The molecule has 32 heavy (non-hydrogen) atoms. The molecule has 0 saturated carbocycles. The van der Waals surface area contributed by atoms with Crippen molar-refractivity contribution in [1.29, 1.82) is 0 Å². The van der Waals surface area contributed by atoms with Gasteiger partial charge in [0.05, 0.1) is 18.4 Å². The largest absolute Gasteiger partial charge is 0.383 e.